The first-order valence-electron chi connectivity index (χ1n) is 11.4. The molecule has 0 radical (unpaired) electrons. The maximum Gasteiger partial charge on any atom is 0.249 e. The Morgan fingerprint density at radius 3 is 2.65 bits per heavy atom. The average Bonchev–Trinajstić information content (AvgIpc) is 3.06. The second kappa shape index (κ2) is 7.40. The summed E-state index contributed by atoms with van der Waals surface area (Å²) in [7, 11) is 0. The van der Waals surface area contributed by atoms with Crippen molar-refractivity contribution in [3.63, 3.8) is 0 Å². The van der Waals surface area contributed by atoms with Crippen LogP contribution < -0.4 is 4.74 Å². The molecule has 162 valence electrons. The molecule has 5 heteroatoms. The van der Waals surface area contributed by atoms with Crippen molar-refractivity contribution in [2.75, 3.05) is 19.7 Å². The van der Waals surface area contributed by atoms with Crippen LogP contribution in [0.4, 0.5) is 0 Å². The Bertz CT molecular complexity index is 1020. The van der Waals surface area contributed by atoms with E-state index >= 15 is 0 Å². The van der Waals surface area contributed by atoms with Crippen LogP contribution in [0, 0.1) is 12.8 Å². The number of carbonyl (C=O) groups excluding carboxylic acids is 2. The zero-order valence-corrected chi connectivity index (χ0v) is 18.5. The molecule has 4 atom stereocenters. The summed E-state index contributed by atoms with van der Waals surface area (Å²) in [6, 6.07) is 16.2. The van der Waals surface area contributed by atoms with Crippen LogP contribution in [0.5, 0.6) is 5.75 Å². The van der Waals surface area contributed by atoms with Gasteiger partial charge in [0.1, 0.15) is 11.3 Å². The fraction of sp³-hybridized carbons (Fsp3) is 0.462. The highest BCUT2D eigenvalue weighted by Crippen LogP contribution is 2.59. The molecule has 0 saturated carbocycles. The van der Waals surface area contributed by atoms with Crippen molar-refractivity contribution in [3.05, 3.63) is 65.2 Å². The molecule has 2 saturated heterocycles. The highest BCUT2D eigenvalue weighted by molar-refractivity contribution is 5.99. The van der Waals surface area contributed by atoms with Crippen molar-refractivity contribution in [2.45, 2.75) is 51.1 Å². The summed E-state index contributed by atoms with van der Waals surface area (Å²) in [5.41, 5.74) is 2.34. The Kier molecular flexibility index (Phi) is 4.80. The molecular formula is C26H30N2O3. The van der Waals surface area contributed by atoms with E-state index in [4.69, 9.17) is 4.74 Å². The number of hydrogen-bond donors (Lipinski definition) is 0. The molecule has 3 aliphatic heterocycles. The summed E-state index contributed by atoms with van der Waals surface area (Å²) in [6.45, 7) is 7.45. The quantitative estimate of drug-likeness (QED) is 0.752. The summed E-state index contributed by atoms with van der Waals surface area (Å²) in [6.07, 6.45) is 1.90. The van der Waals surface area contributed by atoms with Crippen molar-refractivity contribution < 1.29 is 14.3 Å². The van der Waals surface area contributed by atoms with Crippen LogP contribution in [0.25, 0.3) is 0 Å². The normalized spacial score (nSPS) is 29.3. The van der Waals surface area contributed by atoms with Gasteiger partial charge in [0.25, 0.3) is 0 Å². The van der Waals surface area contributed by atoms with Crippen molar-refractivity contribution in [2.24, 2.45) is 5.92 Å². The van der Waals surface area contributed by atoms with E-state index < -0.39 is 5.54 Å². The highest BCUT2D eigenvalue weighted by atomic mass is 16.5. The number of rotatable bonds is 4. The lowest BCUT2D eigenvalue weighted by molar-refractivity contribution is -0.163. The molecule has 2 amide bonds. The van der Waals surface area contributed by atoms with Gasteiger partial charge in [-0.3, -0.25) is 9.59 Å². The molecular weight excluding hydrogens is 388 g/mol. The minimum absolute atomic E-state index is 0.0284. The summed E-state index contributed by atoms with van der Waals surface area (Å²) in [5, 5.41) is 0. The summed E-state index contributed by atoms with van der Waals surface area (Å²) >= 11 is 0. The van der Waals surface area contributed by atoms with Crippen LogP contribution >= 0.6 is 0 Å². The van der Waals surface area contributed by atoms with Gasteiger partial charge in [0.15, 0.2) is 0 Å². The molecule has 3 heterocycles. The number of piperazine rings is 1. The number of hydrogen-bond acceptors (Lipinski definition) is 3. The first-order valence-corrected chi connectivity index (χ1v) is 11.4. The van der Waals surface area contributed by atoms with Crippen LogP contribution in [-0.4, -0.2) is 46.8 Å². The molecule has 0 N–H and O–H groups in total. The van der Waals surface area contributed by atoms with Crippen molar-refractivity contribution >= 4 is 11.8 Å². The van der Waals surface area contributed by atoms with Gasteiger partial charge in [-0.1, -0.05) is 61.4 Å². The number of nitrogens with zero attached hydrogens (tertiary/aromatic N) is 2. The lowest BCUT2D eigenvalue weighted by Gasteiger charge is -2.47. The van der Waals surface area contributed by atoms with E-state index in [9.17, 15) is 9.59 Å². The first kappa shape index (κ1) is 20.1. The molecule has 2 aromatic carbocycles. The third-order valence-electron chi connectivity index (χ3n) is 7.39. The predicted molar refractivity (Wildman–Crippen MR) is 119 cm³/mol. The van der Waals surface area contributed by atoms with Gasteiger partial charge in [-0.2, -0.15) is 0 Å². The second-order valence-corrected chi connectivity index (χ2v) is 9.34. The van der Waals surface area contributed by atoms with Crippen molar-refractivity contribution in [3.8, 4) is 5.75 Å². The number of fused-ring (bicyclic) bond motifs is 5. The highest BCUT2D eigenvalue weighted by Gasteiger charge is 2.66. The van der Waals surface area contributed by atoms with Gasteiger partial charge in [0, 0.05) is 23.9 Å². The van der Waals surface area contributed by atoms with Crippen LogP contribution in [-0.2, 0) is 9.59 Å². The maximum absolute atomic E-state index is 14.0. The molecule has 3 unspecified atom stereocenters. The average molecular weight is 419 g/mol. The molecule has 3 aliphatic rings. The number of carbonyl (C=O) groups is 2. The Hall–Kier alpha value is -2.82. The van der Waals surface area contributed by atoms with E-state index in [0.717, 1.165) is 35.3 Å². The first-order chi connectivity index (χ1) is 15.0. The molecule has 0 spiro atoms. The third-order valence-corrected chi connectivity index (χ3v) is 7.39. The fourth-order valence-corrected chi connectivity index (χ4v) is 6.05. The number of ether oxygens (including phenoxy) is 1. The topological polar surface area (TPSA) is 49.9 Å². The SMILES string of the molecule is CCCCN1CC(=O)N2C3c4cc(C)ccc4OCC3C(c3ccccc3)[C@]2(C)C1=O. The molecule has 0 aliphatic carbocycles. The monoisotopic (exact) mass is 418 g/mol. The summed E-state index contributed by atoms with van der Waals surface area (Å²) in [4.78, 5) is 31.3. The summed E-state index contributed by atoms with van der Waals surface area (Å²) in [5.74, 6) is 0.851. The minimum Gasteiger partial charge on any atom is -0.493 e. The van der Waals surface area contributed by atoms with E-state index in [1.807, 2.05) is 42.2 Å². The Morgan fingerprint density at radius 1 is 1.13 bits per heavy atom. The van der Waals surface area contributed by atoms with Crippen LogP contribution in [0.2, 0.25) is 0 Å². The Morgan fingerprint density at radius 2 is 1.90 bits per heavy atom. The van der Waals surface area contributed by atoms with E-state index in [-0.39, 0.29) is 36.2 Å². The van der Waals surface area contributed by atoms with E-state index in [1.165, 1.54) is 0 Å². The number of amides is 2. The number of benzene rings is 2. The second-order valence-electron chi connectivity index (χ2n) is 9.34. The van der Waals surface area contributed by atoms with Gasteiger partial charge >= 0.3 is 0 Å². The zero-order chi connectivity index (χ0) is 21.8. The van der Waals surface area contributed by atoms with Gasteiger partial charge in [0.05, 0.1) is 19.2 Å². The standard InChI is InChI=1S/C26H30N2O3/c1-4-5-13-27-15-22(29)28-24-19-14-17(2)11-12-21(19)31-16-20(24)23(26(28,3)25(27)30)18-9-7-6-8-10-18/h6-12,14,20,23-24H,4-5,13,15-16H2,1-3H3/t20?,23?,24?,26-/m1/s1. The van der Waals surface area contributed by atoms with Gasteiger partial charge in [-0.25, -0.2) is 0 Å². The van der Waals surface area contributed by atoms with Crippen LogP contribution in [0.3, 0.4) is 0 Å². The Labute approximate surface area is 184 Å². The lowest BCUT2D eigenvalue weighted by atomic mass is 9.73. The molecule has 0 bridgehead atoms. The lowest BCUT2D eigenvalue weighted by Crippen LogP contribution is -2.66. The molecule has 0 aromatic heterocycles. The van der Waals surface area contributed by atoms with Gasteiger partial charge in [0.2, 0.25) is 11.8 Å². The van der Waals surface area contributed by atoms with E-state index in [1.54, 1.807) is 4.90 Å². The van der Waals surface area contributed by atoms with Crippen LogP contribution in [0.15, 0.2) is 48.5 Å². The van der Waals surface area contributed by atoms with Crippen LogP contribution in [0.1, 0.15) is 55.3 Å². The molecule has 2 aromatic rings. The predicted octanol–water partition coefficient (Wildman–Crippen LogP) is 4.07. The van der Waals surface area contributed by atoms with Crippen molar-refractivity contribution in [1.29, 1.82) is 0 Å². The largest absolute Gasteiger partial charge is 0.493 e. The number of unbranched alkanes of at least 4 members (excludes halogenated alkanes) is 1. The molecule has 5 nitrogen and oxygen atoms in total. The number of aryl methyl sites for hydroxylation is 1. The molecule has 31 heavy (non-hydrogen) atoms. The summed E-state index contributed by atoms with van der Waals surface area (Å²) < 4.78 is 6.19. The van der Waals surface area contributed by atoms with Gasteiger partial charge in [-0.15, -0.1) is 0 Å². The van der Waals surface area contributed by atoms with E-state index in [0.29, 0.717) is 13.2 Å². The van der Waals surface area contributed by atoms with Crippen molar-refractivity contribution in [1.82, 2.24) is 9.80 Å². The molecule has 5 rings (SSSR count). The zero-order valence-electron chi connectivity index (χ0n) is 18.5. The third kappa shape index (κ3) is 2.89. The minimum atomic E-state index is -0.922. The maximum atomic E-state index is 14.0. The molecule has 2 fully saturated rings. The van der Waals surface area contributed by atoms with E-state index in [2.05, 4.69) is 32.0 Å². The fourth-order valence-electron chi connectivity index (χ4n) is 6.05. The smallest absolute Gasteiger partial charge is 0.249 e. The van der Waals surface area contributed by atoms with Gasteiger partial charge in [-0.05, 0) is 31.9 Å². The Balaban J connectivity index is 1.68. The van der Waals surface area contributed by atoms with Gasteiger partial charge < -0.3 is 14.5 Å².